The lowest BCUT2D eigenvalue weighted by Gasteiger charge is -2.10. The molecule has 0 aliphatic rings. The Labute approximate surface area is 157 Å². The quantitative estimate of drug-likeness (QED) is 0.652. The topological polar surface area (TPSA) is 91.2 Å². The van der Waals surface area contributed by atoms with Gasteiger partial charge in [-0.1, -0.05) is 18.2 Å². The molecule has 27 heavy (non-hydrogen) atoms. The Kier molecular flexibility index (Phi) is 5.98. The molecule has 0 atom stereocenters. The SMILES string of the molecule is COc1ccc(CCNC(=O)c2ccc(Cn3cnnn3)cc2)cc1OC. The molecular formula is C19H21N5O3. The van der Waals surface area contributed by atoms with Crippen LogP contribution in [0.5, 0.6) is 11.5 Å². The van der Waals surface area contributed by atoms with Crippen LogP contribution in [-0.4, -0.2) is 46.9 Å². The van der Waals surface area contributed by atoms with Crippen molar-refractivity contribution in [1.29, 1.82) is 0 Å². The van der Waals surface area contributed by atoms with Crippen LogP contribution in [0, 0.1) is 0 Å². The summed E-state index contributed by atoms with van der Waals surface area (Å²) in [6, 6.07) is 13.1. The minimum absolute atomic E-state index is 0.107. The number of carbonyl (C=O) groups excluding carboxylic acids is 1. The van der Waals surface area contributed by atoms with Gasteiger partial charge in [0.15, 0.2) is 11.5 Å². The molecule has 0 saturated carbocycles. The van der Waals surface area contributed by atoms with E-state index in [2.05, 4.69) is 20.8 Å². The highest BCUT2D eigenvalue weighted by atomic mass is 16.5. The number of ether oxygens (including phenoxy) is 2. The van der Waals surface area contributed by atoms with Gasteiger partial charge in [0.25, 0.3) is 5.91 Å². The highest BCUT2D eigenvalue weighted by molar-refractivity contribution is 5.94. The second kappa shape index (κ2) is 8.79. The second-order valence-corrected chi connectivity index (χ2v) is 5.90. The van der Waals surface area contributed by atoms with Crippen LogP contribution >= 0.6 is 0 Å². The number of nitrogens with one attached hydrogen (secondary N) is 1. The van der Waals surface area contributed by atoms with Crippen LogP contribution in [-0.2, 0) is 13.0 Å². The summed E-state index contributed by atoms with van der Waals surface area (Å²) in [4.78, 5) is 12.3. The standard InChI is InChI=1S/C19H21N5O3/c1-26-17-8-5-14(11-18(17)27-2)9-10-20-19(25)16-6-3-15(4-7-16)12-24-13-21-22-23-24/h3-8,11,13H,9-10,12H2,1-2H3,(H,20,25). The van der Waals surface area contributed by atoms with E-state index in [1.807, 2.05) is 30.3 Å². The fourth-order valence-corrected chi connectivity index (χ4v) is 2.66. The summed E-state index contributed by atoms with van der Waals surface area (Å²) < 4.78 is 12.1. The van der Waals surface area contributed by atoms with Gasteiger partial charge in [-0.25, -0.2) is 4.68 Å². The first-order valence-corrected chi connectivity index (χ1v) is 8.48. The van der Waals surface area contributed by atoms with E-state index < -0.39 is 0 Å². The van der Waals surface area contributed by atoms with Gasteiger partial charge in [-0.3, -0.25) is 4.79 Å². The van der Waals surface area contributed by atoms with Crippen LogP contribution in [0.1, 0.15) is 21.5 Å². The van der Waals surface area contributed by atoms with Crippen molar-refractivity contribution in [1.82, 2.24) is 25.5 Å². The zero-order chi connectivity index (χ0) is 19.1. The highest BCUT2D eigenvalue weighted by Crippen LogP contribution is 2.27. The first-order valence-electron chi connectivity index (χ1n) is 8.48. The first-order chi connectivity index (χ1) is 13.2. The van der Waals surface area contributed by atoms with Gasteiger partial charge in [-0.2, -0.15) is 0 Å². The Morgan fingerprint density at radius 2 is 1.78 bits per heavy atom. The summed E-state index contributed by atoms with van der Waals surface area (Å²) in [5.41, 5.74) is 2.69. The number of rotatable bonds is 8. The molecule has 3 rings (SSSR count). The molecule has 0 spiro atoms. The van der Waals surface area contributed by atoms with Crippen LogP contribution in [0.4, 0.5) is 0 Å². The van der Waals surface area contributed by atoms with Crippen molar-refractivity contribution in [2.75, 3.05) is 20.8 Å². The second-order valence-electron chi connectivity index (χ2n) is 5.90. The fraction of sp³-hybridized carbons (Fsp3) is 0.263. The largest absolute Gasteiger partial charge is 0.493 e. The van der Waals surface area contributed by atoms with Crippen LogP contribution in [0.25, 0.3) is 0 Å². The first kappa shape index (κ1) is 18.4. The Bertz CT molecular complexity index is 879. The number of benzene rings is 2. The third-order valence-electron chi connectivity index (χ3n) is 4.10. The number of hydrogen-bond donors (Lipinski definition) is 1. The molecule has 8 nitrogen and oxygen atoms in total. The Morgan fingerprint density at radius 1 is 1.04 bits per heavy atom. The van der Waals surface area contributed by atoms with Gasteiger partial charge in [0, 0.05) is 12.1 Å². The number of hydrogen-bond acceptors (Lipinski definition) is 6. The van der Waals surface area contributed by atoms with Crippen molar-refractivity contribution in [3.8, 4) is 11.5 Å². The molecule has 0 bridgehead atoms. The van der Waals surface area contributed by atoms with E-state index >= 15 is 0 Å². The molecule has 2 aromatic carbocycles. The van der Waals surface area contributed by atoms with Gasteiger partial charge in [-0.05, 0) is 52.2 Å². The minimum atomic E-state index is -0.107. The third kappa shape index (κ3) is 4.81. The van der Waals surface area contributed by atoms with E-state index in [1.165, 1.54) is 0 Å². The normalized spacial score (nSPS) is 10.4. The van der Waals surface area contributed by atoms with E-state index in [0.29, 0.717) is 36.6 Å². The van der Waals surface area contributed by atoms with Crippen molar-refractivity contribution in [3.05, 3.63) is 65.5 Å². The van der Waals surface area contributed by atoms with Crippen molar-refractivity contribution in [3.63, 3.8) is 0 Å². The van der Waals surface area contributed by atoms with Gasteiger partial charge in [-0.15, -0.1) is 5.10 Å². The zero-order valence-corrected chi connectivity index (χ0v) is 15.3. The van der Waals surface area contributed by atoms with Crippen LogP contribution in [0.15, 0.2) is 48.8 Å². The number of aromatic nitrogens is 4. The lowest BCUT2D eigenvalue weighted by atomic mass is 10.1. The van der Waals surface area contributed by atoms with Gasteiger partial charge in [0.1, 0.15) is 6.33 Å². The monoisotopic (exact) mass is 367 g/mol. The van der Waals surface area contributed by atoms with Gasteiger partial charge < -0.3 is 14.8 Å². The van der Waals surface area contributed by atoms with E-state index in [1.54, 1.807) is 37.4 Å². The summed E-state index contributed by atoms with van der Waals surface area (Å²) in [6.45, 7) is 1.09. The van der Waals surface area contributed by atoms with Gasteiger partial charge >= 0.3 is 0 Å². The third-order valence-corrected chi connectivity index (χ3v) is 4.10. The predicted octanol–water partition coefficient (Wildman–Crippen LogP) is 1.71. The lowest BCUT2D eigenvalue weighted by molar-refractivity contribution is 0.0954. The van der Waals surface area contributed by atoms with E-state index in [-0.39, 0.29) is 5.91 Å². The predicted molar refractivity (Wildman–Crippen MR) is 98.9 cm³/mol. The molecule has 8 heteroatoms. The summed E-state index contributed by atoms with van der Waals surface area (Å²) in [5, 5.41) is 13.9. The van der Waals surface area contributed by atoms with Crippen molar-refractivity contribution in [2.24, 2.45) is 0 Å². The molecule has 3 aromatic rings. The molecule has 0 aliphatic heterocycles. The number of methoxy groups -OCH3 is 2. The molecule has 1 amide bonds. The van der Waals surface area contributed by atoms with Crippen molar-refractivity contribution in [2.45, 2.75) is 13.0 Å². The molecule has 0 fully saturated rings. The van der Waals surface area contributed by atoms with Crippen LogP contribution in [0.2, 0.25) is 0 Å². The summed E-state index contributed by atoms with van der Waals surface area (Å²) in [7, 11) is 3.21. The van der Waals surface area contributed by atoms with Crippen LogP contribution < -0.4 is 14.8 Å². The Morgan fingerprint density at radius 3 is 2.44 bits per heavy atom. The number of carbonyl (C=O) groups is 1. The average Bonchev–Trinajstić information content (AvgIpc) is 3.21. The molecule has 0 aliphatic carbocycles. The van der Waals surface area contributed by atoms with Crippen molar-refractivity contribution >= 4 is 5.91 Å². The van der Waals surface area contributed by atoms with Gasteiger partial charge in [0.2, 0.25) is 0 Å². The average molecular weight is 367 g/mol. The summed E-state index contributed by atoms with van der Waals surface area (Å²) in [6.07, 6.45) is 2.25. The van der Waals surface area contributed by atoms with E-state index in [0.717, 1.165) is 11.1 Å². The molecule has 1 heterocycles. The molecular weight excluding hydrogens is 346 g/mol. The maximum absolute atomic E-state index is 12.3. The fourth-order valence-electron chi connectivity index (χ4n) is 2.66. The van der Waals surface area contributed by atoms with Crippen LogP contribution in [0.3, 0.4) is 0 Å². The number of nitrogens with zero attached hydrogens (tertiary/aromatic N) is 4. The zero-order valence-electron chi connectivity index (χ0n) is 15.3. The lowest BCUT2D eigenvalue weighted by Crippen LogP contribution is -2.25. The Balaban J connectivity index is 1.52. The molecule has 0 saturated heterocycles. The molecule has 0 radical (unpaired) electrons. The minimum Gasteiger partial charge on any atom is -0.493 e. The maximum atomic E-state index is 12.3. The molecule has 140 valence electrons. The summed E-state index contributed by atoms with van der Waals surface area (Å²) in [5.74, 6) is 1.26. The summed E-state index contributed by atoms with van der Waals surface area (Å²) >= 11 is 0. The Hall–Kier alpha value is -3.42. The molecule has 0 unspecified atom stereocenters. The van der Waals surface area contributed by atoms with E-state index in [9.17, 15) is 4.79 Å². The molecule has 1 aromatic heterocycles. The maximum Gasteiger partial charge on any atom is 0.251 e. The van der Waals surface area contributed by atoms with Crippen molar-refractivity contribution < 1.29 is 14.3 Å². The van der Waals surface area contributed by atoms with Gasteiger partial charge in [0.05, 0.1) is 20.8 Å². The van der Waals surface area contributed by atoms with E-state index in [4.69, 9.17) is 9.47 Å². The smallest absolute Gasteiger partial charge is 0.251 e. The number of tetrazole rings is 1. The molecule has 1 N–H and O–H groups in total. The highest BCUT2D eigenvalue weighted by Gasteiger charge is 2.07. The number of amides is 1.